The van der Waals surface area contributed by atoms with Crippen LogP contribution in [-0.2, 0) is 0 Å². The average Bonchev–Trinajstić information content (AvgIpc) is 0.727. The van der Waals surface area contributed by atoms with Crippen molar-refractivity contribution in [2.45, 2.75) is 233 Å². The van der Waals surface area contributed by atoms with E-state index in [2.05, 4.69) is 27.7 Å². The van der Waals surface area contributed by atoms with Crippen LogP contribution in [0.5, 0.6) is 23.0 Å². The number of carbonyl (C=O) groups excluding carboxylic acids is 2. The van der Waals surface area contributed by atoms with Crippen molar-refractivity contribution in [2.24, 2.45) is 0 Å². The maximum atomic E-state index is 14.3. The zero-order chi connectivity index (χ0) is 69.1. The smallest absolute Gasteiger partial charge is 0.255 e. The lowest BCUT2D eigenvalue weighted by Crippen LogP contribution is -2.25. The molecular weight excluding hydrogens is 1240 g/mol. The molecule has 1 aliphatic rings. The van der Waals surface area contributed by atoms with Gasteiger partial charge in [-0.2, -0.15) is 0 Å². The predicted octanol–water partition coefficient (Wildman–Crippen LogP) is 23.3. The van der Waals surface area contributed by atoms with Crippen LogP contribution in [0.2, 0.25) is 0 Å². The molecule has 0 amide bonds. The van der Waals surface area contributed by atoms with Gasteiger partial charge < -0.3 is 18.9 Å². The number of fused-ring (bicyclic) bond motifs is 7. The average molecular weight is 1350 g/mol. The third kappa shape index (κ3) is 19.8. The molecule has 1 aliphatic carbocycles. The third-order valence-electron chi connectivity index (χ3n) is 19.3. The van der Waals surface area contributed by atoms with E-state index in [0.717, 1.165) is 96.6 Å². The van der Waals surface area contributed by atoms with Crippen LogP contribution in [-0.4, -0.2) is 77.9 Å². The highest BCUT2D eigenvalue weighted by Crippen LogP contribution is 2.39. The summed E-state index contributed by atoms with van der Waals surface area (Å²) in [6.45, 7) is 11.7. The van der Waals surface area contributed by atoms with Crippen LogP contribution in [0.15, 0.2) is 121 Å². The summed E-state index contributed by atoms with van der Waals surface area (Å²) in [6, 6.07) is 39.5. The van der Waals surface area contributed by atoms with Crippen LogP contribution in [0.25, 0.3) is 101 Å². The van der Waals surface area contributed by atoms with Crippen LogP contribution in [0.3, 0.4) is 0 Å². The molecule has 0 spiro atoms. The minimum atomic E-state index is -0.815. The SMILES string of the molecule is CCCCCCCCCCOc1ccc(-c2nc3cc4nc5c(nc4cc3nc2-c2ccc(OCCCCCCCCCC)cc2)-c2nc3cc4nc(-c6ccc(OCCCCCCCCCC)cc6)c(-c6ccc(OCCCCCCCCCC)cc6)nc4cc3nc2C(=O)C5=O)cc1. The van der Waals surface area contributed by atoms with Crippen molar-refractivity contribution in [3.8, 4) is 79.4 Å². The van der Waals surface area contributed by atoms with Crippen LogP contribution < -0.4 is 18.9 Å². The van der Waals surface area contributed by atoms with Gasteiger partial charge in [-0.05, 0) is 147 Å². The van der Waals surface area contributed by atoms with E-state index in [4.69, 9.17) is 58.8 Å². The normalized spacial score (nSPS) is 12.1. The number of hydrogen-bond acceptors (Lipinski definition) is 14. The molecule has 11 rings (SSSR count). The highest BCUT2D eigenvalue weighted by molar-refractivity contribution is 6.52. The number of ether oxygens (including phenoxy) is 4. The van der Waals surface area contributed by atoms with Crippen molar-refractivity contribution in [2.75, 3.05) is 26.4 Å². The highest BCUT2D eigenvalue weighted by atomic mass is 16.5. The van der Waals surface area contributed by atoms with Gasteiger partial charge in [-0.3, -0.25) is 9.59 Å². The Morgan fingerprint density at radius 3 is 0.580 bits per heavy atom. The minimum absolute atomic E-state index is 0.0996. The van der Waals surface area contributed by atoms with Crippen LogP contribution >= 0.6 is 0 Å². The standard InChI is InChI=1S/C86H104N8O6/c1-5-9-13-17-21-25-29-33-53-97-65-45-37-61(38-46-65)77-79(63-41-49-67(50-42-63)99-55-35-31-27-23-19-15-11-7-3)89-71-59-75-73(57-69(71)87-77)91-81-82-84(86(96)85(95)83(81)93-75)94-76-60-72-70(58-74(76)92-82)88-78(62-39-47-66(48-40-62)98-54-34-30-26-22-18-14-10-6-2)80(90-72)64-43-51-68(52-44-64)100-56-36-32-28-24-20-16-12-8-4/h37-52,57-60H,5-36,53-56H2,1-4H3. The first-order valence-electron chi connectivity index (χ1n) is 38.4. The molecule has 0 saturated heterocycles. The fourth-order valence-electron chi connectivity index (χ4n) is 13.4. The lowest BCUT2D eigenvalue weighted by molar-refractivity contribution is 0.0809. The summed E-state index contributed by atoms with van der Waals surface area (Å²) >= 11 is 0. The molecule has 0 unspecified atom stereocenters. The van der Waals surface area contributed by atoms with Gasteiger partial charge in [0.15, 0.2) is 0 Å². The van der Waals surface area contributed by atoms with Crippen LogP contribution in [0.4, 0.5) is 0 Å². The summed E-state index contributed by atoms with van der Waals surface area (Å²) in [7, 11) is 0. The van der Waals surface area contributed by atoms with Gasteiger partial charge in [-0.25, -0.2) is 39.9 Å². The second-order valence-electron chi connectivity index (χ2n) is 27.4. The van der Waals surface area contributed by atoms with Gasteiger partial charge in [0.25, 0.3) is 11.6 Å². The molecule has 0 saturated carbocycles. The Morgan fingerprint density at radius 2 is 0.380 bits per heavy atom. The fourth-order valence-corrected chi connectivity index (χ4v) is 13.4. The van der Waals surface area contributed by atoms with E-state index >= 15 is 0 Å². The quantitative estimate of drug-likeness (QED) is 0.0200. The van der Waals surface area contributed by atoms with Crippen molar-refractivity contribution in [1.29, 1.82) is 0 Å². The van der Waals surface area contributed by atoms with Crippen LogP contribution in [0, 0.1) is 0 Å². The molecule has 14 heteroatoms. The van der Waals surface area contributed by atoms with Gasteiger partial charge in [-0.15, -0.1) is 0 Å². The van der Waals surface area contributed by atoms with Gasteiger partial charge in [0.1, 0.15) is 45.8 Å². The number of unbranched alkanes of at least 4 members (excludes halogenated alkanes) is 28. The molecule has 4 heterocycles. The number of ketones is 2. The molecule has 0 aliphatic heterocycles. The molecule has 10 aromatic rings. The second-order valence-corrected chi connectivity index (χ2v) is 27.4. The minimum Gasteiger partial charge on any atom is -0.494 e. The molecule has 4 aromatic heterocycles. The van der Waals surface area contributed by atoms with E-state index in [1.54, 1.807) is 12.1 Å². The number of carbonyl (C=O) groups is 2. The molecule has 6 aromatic carbocycles. The van der Waals surface area contributed by atoms with E-state index in [9.17, 15) is 9.59 Å². The Morgan fingerprint density at radius 1 is 0.210 bits per heavy atom. The van der Waals surface area contributed by atoms with E-state index in [-0.39, 0.29) is 22.8 Å². The number of benzene rings is 6. The summed E-state index contributed by atoms with van der Waals surface area (Å²) in [5.74, 6) is 1.58. The molecule has 0 N–H and O–H groups in total. The molecule has 100 heavy (non-hydrogen) atoms. The Balaban J connectivity index is 0.880. The van der Waals surface area contributed by atoms with Crippen molar-refractivity contribution in [1.82, 2.24) is 39.9 Å². The number of hydrogen-bond donors (Lipinski definition) is 0. The Labute approximate surface area is 592 Å². The fraction of sp³-hybridized carbons (Fsp3) is 0.465. The lowest BCUT2D eigenvalue weighted by atomic mass is 9.96. The highest BCUT2D eigenvalue weighted by Gasteiger charge is 2.37. The molecular formula is C86H104N8O6. The van der Waals surface area contributed by atoms with Gasteiger partial charge in [0.05, 0.1) is 93.3 Å². The summed E-state index contributed by atoms with van der Waals surface area (Å²) in [5, 5.41) is 0. The van der Waals surface area contributed by atoms with E-state index in [0.29, 0.717) is 93.3 Å². The molecule has 0 fully saturated rings. The van der Waals surface area contributed by atoms with E-state index in [1.165, 1.54) is 154 Å². The van der Waals surface area contributed by atoms with Gasteiger partial charge in [0.2, 0.25) is 0 Å². The number of Topliss-reactive ketones (excluding diaryl/α,β-unsaturated/α-hetero) is 2. The summed E-state index contributed by atoms with van der Waals surface area (Å²) in [4.78, 5) is 69.8. The van der Waals surface area contributed by atoms with Gasteiger partial charge in [0, 0.05) is 22.3 Å². The van der Waals surface area contributed by atoms with Gasteiger partial charge >= 0.3 is 0 Å². The Bertz CT molecular complexity index is 3980. The van der Waals surface area contributed by atoms with Crippen molar-refractivity contribution in [3.05, 3.63) is 133 Å². The maximum absolute atomic E-state index is 14.3. The zero-order valence-corrected chi connectivity index (χ0v) is 60.0. The first-order chi connectivity index (χ1) is 49.3. The number of aromatic nitrogens is 8. The zero-order valence-electron chi connectivity index (χ0n) is 60.0. The van der Waals surface area contributed by atoms with Gasteiger partial charge in [-0.1, -0.05) is 207 Å². The third-order valence-corrected chi connectivity index (χ3v) is 19.3. The van der Waals surface area contributed by atoms with Crippen LogP contribution in [0.1, 0.15) is 254 Å². The number of nitrogens with zero attached hydrogens (tertiary/aromatic N) is 8. The number of rotatable bonds is 44. The predicted molar refractivity (Wildman–Crippen MR) is 407 cm³/mol. The first-order valence-corrected chi connectivity index (χ1v) is 38.4. The monoisotopic (exact) mass is 1340 g/mol. The largest absolute Gasteiger partial charge is 0.494 e. The summed E-state index contributed by atoms with van der Waals surface area (Å²) in [5.41, 5.74) is 10.2. The van der Waals surface area contributed by atoms with Crippen molar-refractivity contribution >= 4 is 55.7 Å². The molecule has 14 nitrogen and oxygen atoms in total. The topological polar surface area (TPSA) is 174 Å². The molecule has 0 bridgehead atoms. The Kier molecular flexibility index (Phi) is 27.6. The summed E-state index contributed by atoms with van der Waals surface area (Å²) in [6.07, 6.45) is 39.6. The van der Waals surface area contributed by atoms with Crippen molar-refractivity contribution < 1.29 is 28.5 Å². The van der Waals surface area contributed by atoms with E-state index in [1.807, 2.05) is 109 Å². The first kappa shape index (κ1) is 72.5. The molecule has 0 atom stereocenters. The second kappa shape index (κ2) is 38.1. The maximum Gasteiger partial charge on any atom is 0.255 e. The summed E-state index contributed by atoms with van der Waals surface area (Å²) < 4.78 is 25.0. The van der Waals surface area contributed by atoms with E-state index < -0.39 is 11.6 Å². The lowest BCUT2D eigenvalue weighted by Gasteiger charge is -2.17. The molecule has 524 valence electrons. The Hall–Kier alpha value is -8.78. The molecule has 0 radical (unpaired) electrons. The van der Waals surface area contributed by atoms with Crippen molar-refractivity contribution in [3.63, 3.8) is 0 Å².